The van der Waals surface area contributed by atoms with Gasteiger partial charge in [0, 0.05) is 18.2 Å². The lowest BCUT2D eigenvalue weighted by atomic mass is 9.98. The third-order valence-electron chi connectivity index (χ3n) is 4.41. The second-order valence-corrected chi connectivity index (χ2v) is 6.58. The van der Waals surface area contributed by atoms with E-state index in [4.69, 9.17) is 0 Å². The Morgan fingerprint density at radius 1 is 1.22 bits per heavy atom. The number of likely N-dealkylation sites (tertiary alicyclic amines) is 1. The van der Waals surface area contributed by atoms with Gasteiger partial charge in [-0.05, 0) is 56.4 Å². The van der Waals surface area contributed by atoms with Gasteiger partial charge in [0.15, 0.2) is 0 Å². The molecule has 5 heteroatoms. The molecule has 1 aromatic rings. The van der Waals surface area contributed by atoms with E-state index in [-0.39, 0.29) is 29.6 Å². The predicted molar refractivity (Wildman–Crippen MR) is 87.5 cm³/mol. The highest BCUT2D eigenvalue weighted by Crippen LogP contribution is 2.19. The normalized spacial score (nSPS) is 19.5. The Hall–Kier alpha value is -1.91. The van der Waals surface area contributed by atoms with Gasteiger partial charge < -0.3 is 10.2 Å². The summed E-state index contributed by atoms with van der Waals surface area (Å²) >= 11 is 0. The van der Waals surface area contributed by atoms with Crippen molar-refractivity contribution < 1.29 is 14.0 Å². The molecule has 1 aliphatic heterocycles. The van der Waals surface area contributed by atoms with Gasteiger partial charge in [-0.1, -0.05) is 13.8 Å². The number of nitrogens with one attached hydrogen (secondary N) is 1. The number of nitrogens with zero attached hydrogens (tertiary/aromatic N) is 1. The van der Waals surface area contributed by atoms with Crippen LogP contribution >= 0.6 is 0 Å². The van der Waals surface area contributed by atoms with Crippen LogP contribution in [-0.2, 0) is 4.79 Å². The van der Waals surface area contributed by atoms with Crippen LogP contribution in [0.25, 0.3) is 0 Å². The lowest BCUT2D eigenvalue weighted by molar-refractivity contribution is -0.137. The maximum Gasteiger partial charge on any atom is 0.251 e. The van der Waals surface area contributed by atoms with Crippen molar-refractivity contribution in [3.8, 4) is 0 Å². The van der Waals surface area contributed by atoms with Gasteiger partial charge in [-0.15, -0.1) is 0 Å². The van der Waals surface area contributed by atoms with Gasteiger partial charge in [-0.3, -0.25) is 9.59 Å². The van der Waals surface area contributed by atoms with Crippen LogP contribution in [0.3, 0.4) is 0 Å². The van der Waals surface area contributed by atoms with Crippen LogP contribution < -0.4 is 5.32 Å². The Labute approximate surface area is 137 Å². The summed E-state index contributed by atoms with van der Waals surface area (Å²) in [5, 5.41) is 2.82. The molecule has 0 bridgehead atoms. The Balaban J connectivity index is 2.10. The van der Waals surface area contributed by atoms with E-state index in [1.54, 1.807) is 0 Å². The fourth-order valence-corrected chi connectivity index (χ4v) is 2.94. The van der Waals surface area contributed by atoms with E-state index in [0.29, 0.717) is 5.56 Å². The monoisotopic (exact) mass is 320 g/mol. The van der Waals surface area contributed by atoms with Crippen molar-refractivity contribution in [2.75, 3.05) is 6.54 Å². The van der Waals surface area contributed by atoms with Crippen molar-refractivity contribution in [2.45, 2.75) is 52.1 Å². The Morgan fingerprint density at radius 3 is 2.43 bits per heavy atom. The Bertz CT molecular complexity index is 557. The SMILES string of the molecule is CC(C)C(NC(=O)c1ccc(F)cc1)C(=O)N1CCCCC1C. The van der Waals surface area contributed by atoms with Crippen LogP contribution in [0.2, 0.25) is 0 Å². The molecule has 1 heterocycles. The molecule has 1 N–H and O–H groups in total. The molecule has 23 heavy (non-hydrogen) atoms. The minimum atomic E-state index is -0.562. The first-order valence-electron chi connectivity index (χ1n) is 8.27. The van der Waals surface area contributed by atoms with Crippen molar-refractivity contribution in [1.29, 1.82) is 0 Å². The molecule has 126 valence electrons. The van der Waals surface area contributed by atoms with E-state index in [9.17, 15) is 14.0 Å². The zero-order valence-corrected chi connectivity index (χ0v) is 14.0. The lowest BCUT2D eigenvalue weighted by Gasteiger charge is -2.37. The lowest BCUT2D eigenvalue weighted by Crippen LogP contribution is -2.54. The van der Waals surface area contributed by atoms with Crippen molar-refractivity contribution in [3.05, 3.63) is 35.6 Å². The molecule has 0 aliphatic carbocycles. The third-order valence-corrected chi connectivity index (χ3v) is 4.41. The molecule has 1 aromatic carbocycles. The Kier molecular flexibility index (Phi) is 5.74. The van der Waals surface area contributed by atoms with Crippen LogP contribution in [0.4, 0.5) is 4.39 Å². The fourth-order valence-electron chi connectivity index (χ4n) is 2.94. The summed E-state index contributed by atoms with van der Waals surface area (Å²) in [6.07, 6.45) is 3.15. The zero-order valence-electron chi connectivity index (χ0n) is 14.0. The highest BCUT2D eigenvalue weighted by atomic mass is 19.1. The molecule has 0 radical (unpaired) electrons. The van der Waals surface area contributed by atoms with E-state index >= 15 is 0 Å². The summed E-state index contributed by atoms with van der Waals surface area (Å²) in [5.41, 5.74) is 0.358. The molecule has 1 saturated heterocycles. The minimum Gasteiger partial charge on any atom is -0.340 e. The predicted octanol–water partition coefficient (Wildman–Crippen LogP) is 2.98. The number of hydrogen-bond acceptors (Lipinski definition) is 2. The zero-order chi connectivity index (χ0) is 17.0. The van der Waals surface area contributed by atoms with Crippen molar-refractivity contribution >= 4 is 11.8 Å². The van der Waals surface area contributed by atoms with Gasteiger partial charge >= 0.3 is 0 Å². The second-order valence-electron chi connectivity index (χ2n) is 6.58. The molecule has 0 aromatic heterocycles. The van der Waals surface area contributed by atoms with E-state index in [0.717, 1.165) is 25.8 Å². The number of rotatable bonds is 4. The van der Waals surface area contributed by atoms with Gasteiger partial charge in [0.25, 0.3) is 5.91 Å². The van der Waals surface area contributed by atoms with Crippen molar-refractivity contribution in [2.24, 2.45) is 5.92 Å². The molecule has 4 nitrogen and oxygen atoms in total. The maximum absolute atomic E-state index is 13.0. The number of carbonyl (C=O) groups excluding carboxylic acids is 2. The van der Waals surface area contributed by atoms with Gasteiger partial charge in [-0.2, -0.15) is 0 Å². The van der Waals surface area contributed by atoms with Gasteiger partial charge in [-0.25, -0.2) is 4.39 Å². The van der Waals surface area contributed by atoms with Crippen LogP contribution in [-0.4, -0.2) is 35.3 Å². The maximum atomic E-state index is 13.0. The van der Waals surface area contributed by atoms with Gasteiger partial charge in [0.05, 0.1) is 0 Å². The molecule has 0 saturated carbocycles. The largest absolute Gasteiger partial charge is 0.340 e. The number of hydrogen-bond donors (Lipinski definition) is 1. The topological polar surface area (TPSA) is 49.4 Å². The number of carbonyl (C=O) groups is 2. The highest BCUT2D eigenvalue weighted by molar-refractivity contribution is 5.97. The molecule has 2 atom stereocenters. The highest BCUT2D eigenvalue weighted by Gasteiger charge is 2.32. The summed E-state index contributed by atoms with van der Waals surface area (Å²) in [6, 6.07) is 4.99. The van der Waals surface area contributed by atoms with E-state index in [1.807, 2.05) is 18.7 Å². The van der Waals surface area contributed by atoms with Crippen molar-refractivity contribution in [3.63, 3.8) is 0 Å². The fraction of sp³-hybridized carbons (Fsp3) is 0.556. The van der Waals surface area contributed by atoms with E-state index in [2.05, 4.69) is 12.2 Å². The molecule has 2 rings (SSSR count). The van der Waals surface area contributed by atoms with E-state index < -0.39 is 6.04 Å². The average molecular weight is 320 g/mol. The van der Waals surface area contributed by atoms with Gasteiger partial charge in [0.1, 0.15) is 11.9 Å². The van der Waals surface area contributed by atoms with Crippen LogP contribution in [0.5, 0.6) is 0 Å². The summed E-state index contributed by atoms with van der Waals surface area (Å²) in [6.45, 7) is 6.64. The number of halogens is 1. The molecular formula is C18H25FN2O2. The second kappa shape index (κ2) is 7.57. The minimum absolute atomic E-state index is 0.0129. The third kappa shape index (κ3) is 4.30. The molecule has 2 amide bonds. The van der Waals surface area contributed by atoms with Crippen LogP contribution in [0.1, 0.15) is 50.4 Å². The molecule has 1 aliphatic rings. The molecule has 2 unspecified atom stereocenters. The summed E-state index contributed by atoms with van der Waals surface area (Å²) in [5.74, 6) is -0.773. The number of benzene rings is 1. The smallest absolute Gasteiger partial charge is 0.251 e. The summed E-state index contributed by atoms with van der Waals surface area (Å²) in [7, 11) is 0. The molecule has 0 spiro atoms. The Morgan fingerprint density at radius 2 is 1.87 bits per heavy atom. The first-order chi connectivity index (χ1) is 10.9. The van der Waals surface area contributed by atoms with Gasteiger partial charge in [0.2, 0.25) is 5.91 Å². The number of amides is 2. The van der Waals surface area contributed by atoms with Crippen LogP contribution in [0, 0.1) is 11.7 Å². The quantitative estimate of drug-likeness (QED) is 0.927. The number of piperidine rings is 1. The average Bonchev–Trinajstić information content (AvgIpc) is 2.52. The van der Waals surface area contributed by atoms with Crippen molar-refractivity contribution in [1.82, 2.24) is 10.2 Å². The first kappa shape index (κ1) is 17.4. The summed E-state index contributed by atoms with van der Waals surface area (Å²) < 4.78 is 13.0. The standard InChI is InChI=1S/C18H25FN2O2/c1-12(2)16(18(23)21-11-5-4-6-13(21)3)20-17(22)14-7-9-15(19)10-8-14/h7-10,12-13,16H,4-6,11H2,1-3H3,(H,20,22). The van der Waals surface area contributed by atoms with E-state index in [1.165, 1.54) is 24.3 Å². The van der Waals surface area contributed by atoms with Crippen LogP contribution in [0.15, 0.2) is 24.3 Å². The summed E-state index contributed by atoms with van der Waals surface area (Å²) in [4.78, 5) is 27.0. The molecule has 1 fully saturated rings. The molecular weight excluding hydrogens is 295 g/mol. The first-order valence-corrected chi connectivity index (χ1v) is 8.27.